The lowest BCUT2D eigenvalue weighted by Gasteiger charge is -2.11. The van der Waals surface area contributed by atoms with E-state index >= 15 is 0 Å². The van der Waals surface area contributed by atoms with Gasteiger partial charge in [0.15, 0.2) is 5.82 Å². The van der Waals surface area contributed by atoms with Crippen molar-refractivity contribution >= 4 is 28.4 Å². The molecule has 18 heavy (non-hydrogen) atoms. The summed E-state index contributed by atoms with van der Waals surface area (Å²) in [5.41, 5.74) is 11.6. The van der Waals surface area contributed by atoms with Crippen molar-refractivity contribution in [3.8, 4) is 11.4 Å². The number of rotatable bonds is 1. The maximum absolute atomic E-state index is 5.92. The van der Waals surface area contributed by atoms with Gasteiger partial charge in [-0.25, -0.2) is 9.97 Å². The Balaban J connectivity index is 2.66. The van der Waals surface area contributed by atoms with Gasteiger partial charge in [-0.1, -0.05) is 6.07 Å². The number of aryl methyl sites for hydroxylation is 4. The molecule has 0 fully saturated rings. The van der Waals surface area contributed by atoms with Crippen LogP contribution in [0.1, 0.15) is 22.4 Å². The lowest BCUT2D eigenvalue weighted by atomic mass is 10.0. The van der Waals surface area contributed by atoms with E-state index in [2.05, 4.69) is 65.5 Å². The second kappa shape index (κ2) is 4.84. The Hall–Kier alpha value is -1.17. The van der Waals surface area contributed by atoms with E-state index in [1.807, 2.05) is 6.92 Å². The average molecular weight is 353 g/mol. The van der Waals surface area contributed by atoms with Crippen LogP contribution in [0.3, 0.4) is 0 Å². The minimum Gasteiger partial charge on any atom is -0.383 e. The van der Waals surface area contributed by atoms with Gasteiger partial charge in [0.2, 0.25) is 0 Å². The average Bonchev–Trinajstić information content (AvgIpc) is 2.30. The summed E-state index contributed by atoms with van der Waals surface area (Å²) in [5, 5.41) is 0. The van der Waals surface area contributed by atoms with Crippen LogP contribution in [-0.4, -0.2) is 9.97 Å². The van der Waals surface area contributed by atoms with Gasteiger partial charge in [0.05, 0.1) is 9.26 Å². The third kappa shape index (κ3) is 2.34. The van der Waals surface area contributed by atoms with Gasteiger partial charge in [0.1, 0.15) is 5.82 Å². The molecule has 3 nitrogen and oxygen atoms in total. The van der Waals surface area contributed by atoms with Crippen molar-refractivity contribution in [3.05, 3.63) is 38.1 Å². The molecule has 94 valence electrons. The van der Waals surface area contributed by atoms with E-state index in [9.17, 15) is 0 Å². The largest absolute Gasteiger partial charge is 0.383 e. The smallest absolute Gasteiger partial charge is 0.162 e. The second-order valence-corrected chi connectivity index (χ2v) is 5.66. The lowest BCUT2D eigenvalue weighted by Crippen LogP contribution is -2.03. The first-order chi connectivity index (χ1) is 8.40. The van der Waals surface area contributed by atoms with Crippen LogP contribution in [0.2, 0.25) is 0 Å². The molecular weight excluding hydrogens is 337 g/mol. The molecule has 2 rings (SSSR count). The lowest BCUT2D eigenvalue weighted by molar-refractivity contribution is 1.09. The molecule has 0 bridgehead atoms. The highest BCUT2D eigenvalue weighted by atomic mass is 127. The molecule has 0 saturated heterocycles. The fraction of sp³-hybridized carbons (Fsp3) is 0.286. The van der Waals surface area contributed by atoms with Crippen molar-refractivity contribution in [2.24, 2.45) is 0 Å². The quantitative estimate of drug-likeness (QED) is 0.798. The highest BCUT2D eigenvalue weighted by Gasteiger charge is 2.11. The van der Waals surface area contributed by atoms with Crippen LogP contribution >= 0.6 is 22.6 Å². The van der Waals surface area contributed by atoms with E-state index < -0.39 is 0 Å². The number of anilines is 1. The van der Waals surface area contributed by atoms with Crippen LogP contribution in [-0.2, 0) is 0 Å². The molecule has 1 heterocycles. The Morgan fingerprint density at radius 1 is 0.944 bits per heavy atom. The summed E-state index contributed by atoms with van der Waals surface area (Å²) in [6.07, 6.45) is 0. The Labute approximate surface area is 121 Å². The second-order valence-electron chi connectivity index (χ2n) is 4.58. The van der Waals surface area contributed by atoms with Crippen molar-refractivity contribution in [3.63, 3.8) is 0 Å². The molecule has 0 aliphatic carbocycles. The van der Waals surface area contributed by atoms with Crippen molar-refractivity contribution in [1.82, 2.24) is 9.97 Å². The van der Waals surface area contributed by atoms with Gasteiger partial charge >= 0.3 is 0 Å². The van der Waals surface area contributed by atoms with Crippen molar-refractivity contribution in [2.45, 2.75) is 27.7 Å². The zero-order valence-corrected chi connectivity index (χ0v) is 13.2. The highest BCUT2D eigenvalue weighted by Crippen LogP contribution is 2.26. The van der Waals surface area contributed by atoms with E-state index in [-0.39, 0.29) is 0 Å². The number of hydrogen-bond donors (Lipinski definition) is 1. The van der Waals surface area contributed by atoms with Gasteiger partial charge in [-0.3, -0.25) is 0 Å². The molecule has 1 aromatic carbocycles. The molecule has 0 saturated carbocycles. The predicted octanol–water partition coefficient (Wildman–Crippen LogP) is 3.56. The highest BCUT2D eigenvalue weighted by molar-refractivity contribution is 14.1. The van der Waals surface area contributed by atoms with Crippen molar-refractivity contribution in [1.29, 1.82) is 0 Å². The SMILES string of the molecule is Cc1cc(C)c(-c2nc(C)c(I)c(N)n2)cc1C. The fourth-order valence-corrected chi connectivity index (χ4v) is 2.14. The topological polar surface area (TPSA) is 51.8 Å². The number of hydrogen-bond acceptors (Lipinski definition) is 3. The van der Waals surface area contributed by atoms with E-state index in [1.165, 1.54) is 16.7 Å². The molecule has 0 amide bonds. The van der Waals surface area contributed by atoms with Gasteiger partial charge in [-0.2, -0.15) is 0 Å². The number of benzene rings is 1. The van der Waals surface area contributed by atoms with E-state index in [1.54, 1.807) is 0 Å². The summed E-state index contributed by atoms with van der Waals surface area (Å²) in [6.45, 7) is 8.25. The van der Waals surface area contributed by atoms with Crippen LogP contribution in [0.5, 0.6) is 0 Å². The van der Waals surface area contributed by atoms with Gasteiger partial charge in [-0.15, -0.1) is 0 Å². The van der Waals surface area contributed by atoms with Crippen LogP contribution < -0.4 is 5.73 Å². The summed E-state index contributed by atoms with van der Waals surface area (Å²) in [6, 6.07) is 4.29. The van der Waals surface area contributed by atoms with Crippen LogP contribution in [0.25, 0.3) is 11.4 Å². The maximum Gasteiger partial charge on any atom is 0.162 e. The molecule has 0 aliphatic heterocycles. The Morgan fingerprint density at radius 2 is 1.56 bits per heavy atom. The Bertz CT molecular complexity index is 598. The van der Waals surface area contributed by atoms with Gasteiger partial charge < -0.3 is 5.73 Å². The van der Waals surface area contributed by atoms with Gasteiger partial charge in [-0.05, 0) is 73.0 Å². The van der Waals surface area contributed by atoms with Gasteiger partial charge in [0, 0.05) is 5.56 Å². The Kier molecular flexibility index (Phi) is 3.56. The molecule has 0 aliphatic rings. The molecule has 0 spiro atoms. The molecular formula is C14H16IN3. The minimum absolute atomic E-state index is 0.552. The van der Waals surface area contributed by atoms with E-state index in [4.69, 9.17) is 5.73 Å². The van der Waals surface area contributed by atoms with Crippen molar-refractivity contribution < 1.29 is 0 Å². The standard InChI is InChI=1S/C14H16IN3/c1-7-5-9(3)11(6-8(7)2)14-17-10(4)12(15)13(16)18-14/h5-6H,1-4H3,(H2,16,17,18). The molecule has 1 aromatic heterocycles. The molecule has 0 radical (unpaired) electrons. The third-order valence-electron chi connectivity index (χ3n) is 3.12. The van der Waals surface area contributed by atoms with Crippen LogP contribution in [0.15, 0.2) is 12.1 Å². The molecule has 4 heteroatoms. The normalized spacial score (nSPS) is 10.7. The predicted molar refractivity (Wildman–Crippen MR) is 83.5 cm³/mol. The summed E-state index contributed by atoms with van der Waals surface area (Å²) in [4.78, 5) is 8.93. The van der Waals surface area contributed by atoms with Gasteiger partial charge in [0.25, 0.3) is 0 Å². The van der Waals surface area contributed by atoms with Crippen molar-refractivity contribution in [2.75, 3.05) is 5.73 Å². The number of nitrogens with two attached hydrogens (primary N) is 1. The minimum atomic E-state index is 0.552. The van der Waals surface area contributed by atoms with Crippen LogP contribution in [0, 0.1) is 31.3 Å². The maximum atomic E-state index is 5.92. The summed E-state index contributed by atoms with van der Waals surface area (Å²) in [5.74, 6) is 1.27. The van der Waals surface area contributed by atoms with Crippen LogP contribution in [0.4, 0.5) is 5.82 Å². The molecule has 2 aromatic rings. The first-order valence-corrected chi connectivity index (χ1v) is 6.86. The first kappa shape index (κ1) is 13.3. The molecule has 0 atom stereocenters. The number of nitrogens with zero attached hydrogens (tertiary/aromatic N) is 2. The summed E-state index contributed by atoms with van der Waals surface area (Å²) < 4.78 is 0.929. The van der Waals surface area contributed by atoms with E-state index in [0.29, 0.717) is 11.6 Å². The first-order valence-electron chi connectivity index (χ1n) is 5.78. The monoisotopic (exact) mass is 353 g/mol. The Morgan fingerprint density at radius 3 is 2.17 bits per heavy atom. The molecule has 0 unspecified atom stereocenters. The molecule has 2 N–H and O–H groups in total. The fourth-order valence-electron chi connectivity index (χ4n) is 1.90. The third-order valence-corrected chi connectivity index (χ3v) is 4.46. The van der Waals surface area contributed by atoms with E-state index in [0.717, 1.165) is 14.8 Å². The zero-order valence-electron chi connectivity index (χ0n) is 11.0. The summed E-state index contributed by atoms with van der Waals surface area (Å²) in [7, 11) is 0. The number of nitrogen functional groups attached to an aromatic ring is 1. The number of halogens is 1. The zero-order chi connectivity index (χ0) is 13.4. The summed E-state index contributed by atoms with van der Waals surface area (Å²) >= 11 is 2.18. The number of aromatic nitrogens is 2.